The molecular formula is C15H29N3. The van der Waals surface area contributed by atoms with E-state index in [2.05, 4.69) is 22.2 Å². The van der Waals surface area contributed by atoms with E-state index in [9.17, 15) is 0 Å². The van der Waals surface area contributed by atoms with Crippen molar-refractivity contribution in [3.63, 3.8) is 0 Å². The minimum atomic E-state index is 0.598. The molecule has 0 bridgehead atoms. The molecule has 1 aliphatic heterocycles. The number of likely N-dealkylation sites (tertiary alicyclic amines) is 1. The van der Waals surface area contributed by atoms with Crippen LogP contribution in [0.3, 0.4) is 0 Å². The van der Waals surface area contributed by atoms with Crippen LogP contribution in [-0.4, -0.2) is 36.1 Å². The van der Waals surface area contributed by atoms with Crippen LogP contribution in [-0.2, 0) is 0 Å². The van der Waals surface area contributed by atoms with E-state index < -0.39 is 0 Å². The highest BCUT2D eigenvalue weighted by molar-refractivity contribution is 5.34. The summed E-state index contributed by atoms with van der Waals surface area (Å²) in [6.07, 6.45) is 4.26. The molecule has 18 heavy (non-hydrogen) atoms. The van der Waals surface area contributed by atoms with Gasteiger partial charge in [0.15, 0.2) is 0 Å². The van der Waals surface area contributed by atoms with Gasteiger partial charge in [-0.05, 0) is 45.1 Å². The van der Waals surface area contributed by atoms with Gasteiger partial charge in [0, 0.05) is 12.2 Å². The predicted octanol–water partition coefficient (Wildman–Crippen LogP) is 3.64. The molecular weight excluding hydrogens is 222 g/mol. The number of anilines is 1. The average molecular weight is 251 g/mol. The molecule has 3 nitrogen and oxygen atoms in total. The smallest absolute Gasteiger partial charge is 0.126 e. The molecule has 0 radical (unpaired) electrons. The quantitative estimate of drug-likeness (QED) is 0.870. The third-order valence-electron chi connectivity index (χ3n) is 2.74. The fourth-order valence-corrected chi connectivity index (χ4v) is 1.81. The van der Waals surface area contributed by atoms with Gasteiger partial charge in [-0.3, -0.25) is 0 Å². The molecule has 0 aromatic carbocycles. The highest BCUT2D eigenvalue weighted by Crippen LogP contribution is 2.13. The minimum absolute atomic E-state index is 0.598. The van der Waals surface area contributed by atoms with Crippen LogP contribution in [0.1, 0.15) is 40.5 Å². The maximum Gasteiger partial charge on any atom is 0.126 e. The number of nitrogens with one attached hydrogen (secondary N) is 1. The summed E-state index contributed by atoms with van der Waals surface area (Å²) in [4.78, 5) is 6.64. The number of hydrogen-bond donors (Lipinski definition) is 1. The van der Waals surface area contributed by atoms with Gasteiger partial charge >= 0.3 is 0 Å². The molecule has 0 saturated carbocycles. The Labute approximate surface area is 113 Å². The lowest BCUT2D eigenvalue weighted by molar-refractivity contribution is 0.263. The number of hydrogen-bond acceptors (Lipinski definition) is 3. The Hall–Kier alpha value is -1.09. The second-order valence-corrected chi connectivity index (χ2v) is 3.94. The first-order valence-corrected chi connectivity index (χ1v) is 7.21. The van der Waals surface area contributed by atoms with Crippen molar-refractivity contribution in [3.05, 3.63) is 24.4 Å². The molecule has 0 spiro atoms. The Morgan fingerprint density at radius 2 is 1.72 bits per heavy atom. The first-order valence-electron chi connectivity index (χ1n) is 7.21. The lowest BCUT2D eigenvalue weighted by Gasteiger charge is -2.29. The maximum atomic E-state index is 4.27. The molecule has 2 heterocycles. The molecule has 1 aromatic rings. The van der Waals surface area contributed by atoms with Gasteiger partial charge in [-0.1, -0.05) is 33.8 Å². The molecule has 2 rings (SSSR count). The van der Waals surface area contributed by atoms with Crippen molar-refractivity contribution in [2.75, 3.05) is 25.5 Å². The molecule has 0 aliphatic carbocycles. The normalized spacial score (nSPS) is 15.8. The van der Waals surface area contributed by atoms with Gasteiger partial charge in [0.05, 0.1) is 0 Å². The molecule has 0 atom stereocenters. The van der Waals surface area contributed by atoms with Gasteiger partial charge in [-0.2, -0.15) is 0 Å². The second kappa shape index (κ2) is 11.0. The zero-order chi connectivity index (χ0) is 13.8. The molecule has 0 amide bonds. The molecule has 3 heteroatoms. The summed E-state index contributed by atoms with van der Waals surface area (Å²) in [7, 11) is 2.18. The summed E-state index contributed by atoms with van der Waals surface area (Å²) >= 11 is 0. The highest BCUT2D eigenvalue weighted by atomic mass is 15.1. The zero-order valence-electron chi connectivity index (χ0n) is 12.6. The summed E-state index contributed by atoms with van der Waals surface area (Å²) in [5.41, 5.74) is 0. The fourth-order valence-electron chi connectivity index (χ4n) is 1.81. The number of pyridine rings is 1. The molecule has 104 valence electrons. The summed E-state index contributed by atoms with van der Waals surface area (Å²) in [5.74, 6) is 1.00. The van der Waals surface area contributed by atoms with Gasteiger partial charge in [0.2, 0.25) is 0 Å². The second-order valence-electron chi connectivity index (χ2n) is 3.94. The Morgan fingerprint density at radius 3 is 2.22 bits per heavy atom. The molecule has 1 saturated heterocycles. The Balaban J connectivity index is 0.000000659. The van der Waals surface area contributed by atoms with Gasteiger partial charge < -0.3 is 10.2 Å². The largest absolute Gasteiger partial charge is 0.367 e. The van der Waals surface area contributed by atoms with Crippen molar-refractivity contribution in [2.45, 2.75) is 46.6 Å². The summed E-state index contributed by atoms with van der Waals surface area (Å²) in [6.45, 7) is 10.4. The molecule has 1 aromatic heterocycles. The first-order chi connectivity index (χ1) is 8.84. The summed E-state index contributed by atoms with van der Waals surface area (Å²) < 4.78 is 0. The minimum Gasteiger partial charge on any atom is -0.367 e. The van der Waals surface area contributed by atoms with E-state index in [1.54, 1.807) is 0 Å². The van der Waals surface area contributed by atoms with Crippen LogP contribution in [0.5, 0.6) is 0 Å². The van der Waals surface area contributed by atoms with Crippen molar-refractivity contribution in [1.82, 2.24) is 9.88 Å². The first kappa shape index (κ1) is 16.9. The van der Waals surface area contributed by atoms with Crippen molar-refractivity contribution in [2.24, 2.45) is 0 Å². The van der Waals surface area contributed by atoms with E-state index in [-0.39, 0.29) is 0 Å². The lowest BCUT2D eigenvalue weighted by atomic mass is 10.1. The Bertz CT molecular complexity index is 266. The molecule has 0 unspecified atom stereocenters. The number of nitrogens with zero attached hydrogens (tertiary/aromatic N) is 2. The van der Waals surface area contributed by atoms with Gasteiger partial charge in [0.1, 0.15) is 5.82 Å². The predicted molar refractivity (Wildman–Crippen MR) is 81.1 cm³/mol. The molecule has 1 aliphatic rings. The van der Waals surface area contributed by atoms with Gasteiger partial charge in [0.25, 0.3) is 0 Å². The average Bonchev–Trinajstić information content (AvgIpc) is 2.47. The van der Waals surface area contributed by atoms with Crippen LogP contribution in [0.2, 0.25) is 0 Å². The SMILES string of the molecule is CC.CC.CN1CCC(Nc2ccccn2)CC1. The van der Waals surface area contributed by atoms with E-state index >= 15 is 0 Å². The Morgan fingerprint density at radius 1 is 1.11 bits per heavy atom. The van der Waals surface area contributed by atoms with Crippen molar-refractivity contribution >= 4 is 5.82 Å². The van der Waals surface area contributed by atoms with E-state index in [1.807, 2.05) is 52.1 Å². The van der Waals surface area contributed by atoms with E-state index in [1.165, 1.54) is 25.9 Å². The van der Waals surface area contributed by atoms with Crippen molar-refractivity contribution < 1.29 is 0 Å². The molecule has 1 N–H and O–H groups in total. The number of aromatic nitrogens is 1. The number of rotatable bonds is 2. The van der Waals surface area contributed by atoms with E-state index in [4.69, 9.17) is 0 Å². The van der Waals surface area contributed by atoms with Crippen LogP contribution in [0.25, 0.3) is 0 Å². The van der Waals surface area contributed by atoms with Gasteiger partial charge in [-0.15, -0.1) is 0 Å². The van der Waals surface area contributed by atoms with Crippen LogP contribution in [0.15, 0.2) is 24.4 Å². The van der Waals surface area contributed by atoms with Crippen LogP contribution in [0, 0.1) is 0 Å². The monoisotopic (exact) mass is 251 g/mol. The van der Waals surface area contributed by atoms with Crippen LogP contribution >= 0.6 is 0 Å². The number of piperidine rings is 1. The van der Waals surface area contributed by atoms with Gasteiger partial charge in [-0.25, -0.2) is 4.98 Å². The third kappa shape index (κ3) is 6.60. The zero-order valence-corrected chi connectivity index (χ0v) is 12.6. The maximum absolute atomic E-state index is 4.27. The molecule has 1 fully saturated rings. The fraction of sp³-hybridized carbons (Fsp3) is 0.667. The topological polar surface area (TPSA) is 28.2 Å². The highest BCUT2D eigenvalue weighted by Gasteiger charge is 2.16. The van der Waals surface area contributed by atoms with Crippen molar-refractivity contribution in [1.29, 1.82) is 0 Å². The van der Waals surface area contributed by atoms with Crippen molar-refractivity contribution in [3.8, 4) is 0 Å². The van der Waals surface area contributed by atoms with Crippen LogP contribution < -0.4 is 5.32 Å². The standard InChI is InChI=1S/C11H17N3.2C2H6/c1-14-8-5-10(6-9-14)13-11-4-2-3-7-12-11;2*1-2/h2-4,7,10H,5-6,8-9H2,1H3,(H,12,13);2*1-2H3. The van der Waals surface area contributed by atoms with E-state index in [0.29, 0.717) is 6.04 Å². The lowest BCUT2D eigenvalue weighted by Crippen LogP contribution is -2.36. The Kier molecular flexibility index (Phi) is 10.4. The summed E-state index contributed by atoms with van der Waals surface area (Å²) in [6, 6.07) is 6.59. The van der Waals surface area contributed by atoms with E-state index in [0.717, 1.165) is 5.82 Å². The third-order valence-corrected chi connectivity index (χ3v) is 2.74. The summed E-state index contributed by atoms with van der Waals surface area (Å²) in [5, 5.41) is 3.46. The van der Waals surface area contributed by atoms with Crippen LogP contribution in [0.4, 0.5) is 5.82 Å².